The average Bonchev–Trinajstić information content (AvgIpc) is 2.43. The van der Waals surface area contributed by atoms with Crippen molar-refractivity contribution >= 4 is 0 Å². The summed E-state index contributed by atoms with van der Waals surface area (Å²) in [5.41, 5.74) is 6.74. The predicted molar refractivity (Wildman–Crippen MR) is 72.8 cm³/mol. The summed E-state index contributed by atoms with van der Waals surface area (Å²) in [6, 6.07) is 5.58. The van der Waals surface area contributed by atoms with Gasteiger partial charge in [0.15, 0.2) is 11.5 Å². The van der Waals surface area contributed by atoms with Crippen LogP contribution in [-0.2, 0) is 0 Å². The summed E-state index contributed by atoms with van der Waals surface area (Å²) in [4.78, 5) is 0. The van der Waals surface area contributed by atoms with Gasteiger partial charge >= 0.3 is 0 Å². The minimum Gasteiger partial charge on any atom is -0.493 e. The molecule has 98 valence electrons. The SMILES string of the molecule is C#CC(C)NC(CN)c1cccc(OC)c1OC. The van der Waals surface area contributed by atoms with Crippen molar-refractivity contribution in [1.29, 1.82) is 0 Å². The number of hydrogen-bond acceptors (Lipinski definition) is 4. The highest BCUT2D eigenvalue weighted by atomic mass is 16.5. The van der Waals surface area contributed by atoms with E-state index in [2.05, 4.69) is 11.2 Å². The minimum atomic E-state index is -0.0684. The lowest BCUT2D eigenvalue weighted by Crippen LogP contribution is -2.34. The second-order valence-corrected chi connectivity index (χ2v) is 3.93. The fourth-order valence-electron chi connectivity index (χ4n) is 1.82. The Balaban J connectivity index is 3.09. The molecule has 0 heterocycles. The topological polar surface area (TPSA) is 56.5 Å². The van der Waals surface area contributed by atoms with Crippen LogP contribution in [-0.4, -0.2) is 26.8 Å². The summed E-state index contributed by atoms with van der Waals surface area (Å²) in [7, 11) is 3.22. The Morgan fingerprint density at radius 1 is 1.39 bits per heavy atom. The van der Waals surface area contributed by atoms with Crippen LogP contribution in [0.25, 0.3) is 0 Å². The molecule has 0 amide bonds. The van der Waals surface area contributed by atoms with Crippen LogP contribution in [0.4, 0.5) is 0 Å². The third-order valence-corrected chi connectivity index (χ3v) is 2.75. The molecule has 0 saturated heterocycles. The molecule has 0 aromatic heterocycles. The molecule has 0 aliphatic rings. The Kier molecular flexibility index (Phi) is 5.50. The first-order valence-corrected chi connectivity index (χ1v) is 5.81. The molecule has 1 aromatic carbocycles. The Morgan fingerprint density at radius 2 is 2.11 bits per heavy atom. The number of nitrogens with two attached hydrogens (primary N) is 1. The predicted octanol–water partition coefficient (Wildman–Crippen LogP) is 1.31. The lowest BCUT2D eigenvalue weighted by atomic mass is 10.0. The molecule has 0 spiro atoms. The van der Waals surface area contributed by atoms with Crippen LogP contribution >= 0.6 is 0 Å². The van der Waals surface area contributed by atoms with E-state index in [9.17, 15) is 0 Å². The molecular weight excluding hydrogens is 228 g/mol. The largest absolute Gasteiger partial charge is 0.493 e. The van der Waals surface area contributed by atoms with Gasteiger partial charge in [-0.3, -0.25) is 5.32 Å². The molecule has 2 unspecified atom stereocenters. The maximum atomic E-state index is 5.80. The maximum absolute atomic E-state index is 5.80. The van der Waals surface area contributed by atoms with Crippen molar-refractivity contribution in [2.45, 2.75) is 19.0 Å². The van der Waals surface area contributed by atoms with Crippen molar-refractivity contribution in [3.8, 4) is 23.8 Å². The summed E-state index contributed by atoms with van der Waals surface area (Å²) in [5, 5.41) is 3.26. The summed E-state index contributed by atoms with van der Waals surface area (Å²) in [6.07, 6.45) is 5.37. The Labute approximate surface area is 108 Å². The van der Waals surface area contributed by atoms with Crippen LogP contribution in [0, 0.1) is 12.3 Å². The molecule has 0 aliphatic carbocycles. The maximum Gasteiger partial charge on any atom is 0.165 e. The standard InChI is InChI=1S/C14H20N2O2/c1-5-10(2)16-12(9-15)11-7-6-8-13(17-3)14(11)18-4/h1,6-8,10,12,16H,9,15H2,2-4H3. The van der Waals surface area contributed by atoms with Gasteiger partial charge in [0.1, 0.15) is 0 Å². The first-order chi connectivity index (χ1) is 8.67. The second kappa shape index (κ2) is 6.90. The number of methoxy groups -OCH3 is 2. The molecule has 0 bridgehead atoms. The lowest BCUT2D eigenvalue weighted by molar-refractivity contribution is 0.346. The molecule has 4 heteroatoms. The fraction of sp³-hybridized carbons (Fsp3) is 0.429. The molecule has 3 N–H and O–H groups in total. The molecule has 0 fully saturated rings. The normalized spacial score (nSPS) is 13.5. The second-order valence-electron chi connectivity index (χ2n) is 3.93. The summed E-state index contributed by atoms with van der Waals surface area (Å²) < 4.78 is 10.7. The van der Waals surface area contributed by atoms with E-state index in [1.54, 1.807) is 14.2 Å². The highest BCUT2D eigenvalue weighted by molar-refractivity contribution is 5.48. The zero-order valence-corrected chi connectivity index (χ0v) is 11.1. The van der Waals surface area contributed by atoms with E-state index in [4.69, 9.17) is 21.6 Å². The zero-order valence-electron chi connectivity index (χ0n) is 11.1. The van der Waals surface area contributed by atoms with Gasteiger partial charge in [0.2, 0.25) is 0 Å². The lowest BCUT2D eigenvalue weighted by Gasteiger charge is -2.22. The molecular formula is C14H20N2O2. The van der Waals surface area contributed by atoms with Crippen molar-refractivity contribution in [2.24, 2.45) is 5.73 Å². The van der Waals surface area contributed by atoms with E-state index in [0.717, 1.165) is 5.56 Å². The number of nitrogens with one attached hydrogen (secondary N) is 1. The van der Waals surface area contributed by atoms with Gasteiger partial charge in [-0.1, -0.05) is 18.1 Å². The van der Waals surface area contributed by atoms with Crippen LogP contribution in [0.15, 0.2) is 18.2 Å². The van der Waals surface area contributed by atoms with Crippen molar-refractivity contribution in [2.75, 3.05) is 20.8 Å². The average molecular weight is 248 g/mol. The molecule has 1 rings (SSSR count). The Morgan fingerprint density at radius 3 is 2.61 bits per heavy atom. The molecule has 4 nitrogen and oxygen atoms in total. The van der Waals surface area contributed by atoms with E-state index in [1.165, 1.54) is 0 Å². The van der Waals surface area contributed by atoms with E-state index in [0.29, 0.717) is 18.0 Å². The van der Waals surface area contributed by atoms with Crippen LogP contribution in [0.2, 0.25) is 0 Å². The van der Waals surface area contributed by atoms with Crippen molar-refractivity contribution in [3.05, 3.63) is 23.8 Å². The van der Waals surface area contributed by atoms with Gasteiger partial charge in [0.05, 0.1) is 20.3 Å². The van der Waals surface area contributed by atoms with E-state index in [1.807, 2.05) is 25.1 Å². The van der Waals surface area contributed by atoms with E-state index in [-0.39, 0.29) is 12.1 Å². The quantitative estimate of drug-likeness (QED) is 0.745. The van der Waals surface area contributed by atoms with Crippen LogP contribution in [0.1, 0.15) is 18.5 Å². The number of terminal acetylenes is 1. The zero-order chi connectivity index (χ0) is 13.5. The van der Waals surface area contributed by atoms with Gasteiger partial charge in [0, 0.05) is 18.2 Å². The van der Waals surface area contributed by atoms with Gasteiger partial charge < -0.3 is 15.2 Å². The van der Waals surface area contributed by atoms with Gasteiger partial charge in [-0.2, -0.15) is 0 Å². The van der Waals surface area contributed by atoms with Crippen molar-refractivity contribution in [3.63, 3.8) is 0 Å². The first kappa shape index (κ1) is 14.4. The summed E-state index contributed by atoms with van der Waals surface area (Å²) in [6.45, 7) is 2.34. The number of ether oxygens (including phenoxy) is 2. The van der Waals surface area contributed by atoms with Gasteiger partial charge in [0.25, 0.3) is 0 Å². The minimum absolute atomic E-state index is 0.0607. The summed E-state index contributed by atoms with van der Waals surface area (Å²) >= 11 is 0. The highest BCUT2D eigenvalue weighted by Crippen LogP contribution is 2.34. The number of hydrogen-bond donors (Lipinski definition) is 2. The van der Waals surface area contributed by atoms with Crippen molar-refractivity contribution in [1.82, 2.24) is 5.32 Å². The van der Waals surface area contributed by atoms with Gasteiger partial charge in [-0.15, -0.1) is 6.42 Å². The van der Waals surface area contributed by atoms with Crippen molar-refractivity contribution < 1.29 is 9.47 Å². The summed E-state index contributed by atoms with van der Waals surface area (Å²) in [5.74, 6) is 4.00. The Bertz CT molecular complexity index is 426. The highest BCUT2D eigenvalue weighted by Gasteiger charge is 2.18. The van der Waals surface area contributed by atoms with Crippen LogP contribution in [0.5, 0.6) is 11.5 Å². The smallest absolute Gasteiger partial charge is 0.165 e. The molecule has 0 saturated carbocycles. The molecule has 0 aliphatic heterocycles. The number of para-hydroxylation sites is 1. The molecule has 18 heavy (non-hydrogen) atoms. The number of rotatable bonds is 6. The third-order valence-electron chi connectivity index (χ3n) is 2.75. The first-order valence-electron chi connectivity index (χ1n) is 5.81. The van der Waals surface area contributed by atoms with Crippen LogP contribution in [0.3, 0.4) is 0 Å². The molecule has 2 atom stereocenters. The third kappa shape index (κ3) is 3.16. The van der Waals surface area contributed by atoms with Gasteiger partial charge in [-0.25, -0.2) is 0 Å². The monoisotopic (exact) mass is 248 g/mol. The molecule has 1 aromatic rings. The number of benzene rings is 1. The molecule has 0 radical (unpaired) electrons. The fourth-order valence-corrected chi connectivity index (χ4v) is 1.82. The van der Waals surface area contributed by atoms with E-state index < -0.39 is 0 Å². The van der Waals surface area contributed by atoms with Crippen LogP contribution < -0.4 is 20.5 Å². The van der Waals surface area contributed by atoms with E-state index >= 15 is 0 Å². The Hall–Kier alpha value is -1.70. The van der Waals surface area contributed by atoms with Gasteiger partial charge in [-0.05, 0) is 13.0 Å².